The summed E-state index contributed by atoms with van der Waals surface area (Å²) in [5.74, 6) is 1.86. The van der Waals surface area contributed by atoms with Gasteiger partial charge in [0, 0.05) is 23.1 Å². The number of rotatable bonds is 7. The van der Waals surface area contributed by atoms with Crippen molar-refractivity contribution in [2.24, 2.45) is 0 Å². The van der Waals surface area contributed by atoms with Gasteiger partial charge in [-0.25, -0.2) is 0 Å². The van der Waals surface area contributed by atoms with Crippen molar-refractivity contribution in [3.8, 4) is 28.4 Å². The van der Waals surface area contributed by atoms with Crippen LogP contribution in [0, 0.1) is 0 Å². The van der Waals surface area contributed by atoms with E-state index in [2.05, 4.69) is 0 Å². The van der Waals surface area contributed by atoms with Crippen molar-refractivity contribution in [3.05, 3.63) is 42.2 Å². The maximum atomic E-state index is 12.1. The van der Waals surface area contributed by atoms with Gasteiger partial charge < -0.3 is 23.4 Å². The van der Waals surface area contributed by atoms with Crippen LogP contribution < -0.4 is 14.2 Å². The number of para-hydroxylation sites is 1. The number of ether oxygens (including phenoxy) is 4. The van der Waals surface area contributed by atoms with Crippen LogP contribution >= 0.6 is 0 Å². The highest BCUT2D eigenvalue weighted by Crippen LogP contribution is 2.47. The number of esters is 1. The van der Waals surface area contributed by atoms with E-state index in [1.807, 2.05) is 24.3 Å². The van der Waals surface area contributed by atoms with Crippen LogP contribution in [0.1, 0.15) is 12.7 Å². The van der Waals surface area contributed by atoms with Crippen LogP contribution in [0.4, 0.5) is 0 Å². The van der Waals surface area contributed by atoms with Crippen LogP contribution in [0.3, 0.4) is 0 Å². The molecule has 0 aliphatic heterocycles. The highest BCUT2D eigenvalue weighted by Gasteiger charge is 2.25. The molecule has 6 nitrogen and oxygen atoms in total. The molecule has 0 spiro atoms. The molecule has 0 bridgehead atoms. The van der Waals surface area contributed by atoms with E-state index in [9.17, 15) is 4.79 Å². The number of carbonyl (C=O) groups excluding carboxylic acids is 1. The lowest BCUT2D eigenvalue weighted by Crippen LogP contribution is -2.07. The summed E-state index contributed by atoms with van der Waals surface area (Å²) in [5.41, 5.74) is 2.12. The van der Waals surface area contributed by atoms with Gasteiger partial charge in [0.25, 0.3) is 0 Å². The van der Waals surface area contributed by atoms with Crippen molar-refractivity contribution in [1.29, 1.82) is 0 Å². The quantitative estimate of drug-likeness (QED) is 0.580. The summed E-state index contributed by atoms with van der Waals surface area (Å²) >= 11 is 0. The average molecular weight is 370 g/mol. The molecule has 0 atom stereocenters. The first kappa shape index (κ1) is 18.6. The van der Waals surface area contributed by atoms with Crippen LogP contribution in [0.15, 0.2) is 40.8 Å². The molecule has 27 heavy (non-hydrogen) atoms. The largest absolute Gasteiger partial charge is 0.496 e. The van der Waals surface area contributed by atoms with Gasteiger partial charge in [-0.1, -0.05) is 18.2 Å². The summed E-state index contributed by atoms with van der Waals surface area (Å²) in [7, 11) is 4.73. The first-order chi connectivity index (χ1) is 13.1. The number of methoxy groups -OCH3 is 3. The van der Waals surface area contributed by atoms with E-state index in [-0.39, 0.29) is 12.4 Å². The number of carbonyl (C=O) groups is 1. The summed E-state index contributed by atoms with van der Waals surface area (Å²) < 4.78 is 27.6. The molecule has 0 aliphatic carbocycles. The maximum Gasteiger partial charge on any atom is 0.313 e. The van der Waals surface area contributed by atoms with Crippen molar-refractivity contribution >= 4 is 16.9 Å². The molecule has 1 heterocycles. The van der Waals surface area contributed by atoms with E-state index in [1.165, 1.54) is 0 Å². The Labute approximate surface area is 157 Å². The van der Waals surface area contributed by atoms with Crippen molar-refractivity contribution < 1.29 is 28.2 Å². The standard InChI is InChI=1S/C21H22O6/c1-5-26-19(22)12-18-20(14-8-6-7-9-15(14)27-18)21-16(24-3)10-13(23-2)11-17(21)25-4/h6-11H,5,12H2,1-4H3. The minimum Gasteiger partial charge on any atom is -0.496 e. The summed E-state index contributed by atoms with van der Waals surface area (Å²) in [4.78, 5) is 12.1. The van der Waals surface area contributed by atoms with E-state index in [0.717, 1.165) is 10.9 Å². The Bertz CT molecular complexity index is 931. The zero-order valence-corrected chi connectivity index (χ0v) is 15.8. The third-order valence-electron chi connectivity index (χ3n) is 4.24. The van der Waals surface area contributed by atoms with Gasteiger partial charge in [-0.05, 0) is 13.0 Å². The Morgan fingerprint density at radius 2 is 1.63 bits per heavy atom. The molecule has 3 rings (SSSR count). The van der Waals surface area contributed by atoms with Crippen molar-refractivity contribution in [2.45, 2.75) is 13.3 Å². The van der Waals surface area contributed by atoms with Crippen LogP contribution in [0.2, 0.25) is 0 Å². The third kappa shape index (κ3) is 3.56. The second-order valence-corrected chi connectivity index (χ2v) is 5.79. The summed E-state index contributed by atoms with van der Waals surface area (Å²) in [6.45, 7) is 2.08. The molecule has 0 amide bonds. The van der Waals surface area contributed by atoms with Gasteiger partial charge in [0.2, 0.25) is 0 Å². The molecule has 2 aromatic carbocycles. The molecule has 0 unspecified atom stereocenters. The Hall–Kier alpha value is -3.15. The van der Waals surface area contributed by atoms with E-state index < -0.39 is 0 Å². The molecule has 0 radical (unpaired) electrons. The molecule has 6 heteroatoms. The fourth-order valence-electron chi connectivity index (χ4n) is 3.09. The minimum atomic E-state index is -0.357. The third-order valence-corrected chi connectivity index (χ3v) is 4.24. The van der Waals surface area contributed by atoms with Crippen LogP contribution in [-0.4, -0.2) is 33.9 Å². The normalized spacial score (nSPS) is 10.7. The van der Waals surface area contributed by atoms with E-state index >= 15 is 0 Å². The number of furan rings is 1. The molecule has 3 aromatic rings. The fourth-order valence-corrected chi connectivity index (χ4v) is 3.09. The lowest BCUT2D eigenvalue weighted by Gasteiger charge is -2.15. The molecular formula is C21H22O6. The lowest BCUT2D eigenvalue weighted by atomic mass is 9.98. The Morgan fingerprint density at radius 1 is 0.963 bits per heavy atom. The number of hydrogen-bond donors (Lipinski definition) is 0. The molecule has 1 aromatic heterocycles. The minimum absolute atomic E-state index is 0.0101. The van der Waals surface area contributed by atoms with Gasteiger partial charge >= 0.3 is 5.97 Å². The molecule has 0 aliphatic rings. The fraction of sp³-hybridized carbons (Fsp3) is 0.286. The number of fused-ring (bicyclic) bond motifs is 1. The molecule has 0 saturated carbocycles. The maximum absolute atomic E-state index is 12.1. The van der Waals surface area contributed by atoms with Crippen LogP contribution in [-0.2, 0) is 16.0 Å². The van der Waals surface area contributed by atoms with Crippen LogP contribution in [0.5, 0.6) is 17.2 Å². The first-order valence-corrected chi connectivity index (χ1v) is 8.59. The second kappa shape index (κ2) is 8.03. The Morgan fingerprint density at radius 3 is 2.22 bits per heavy atom. The van der Waals surface area contributed by atoms with Crippen molar-refractivity contribution in [3.63, 3.8) is 0 Å². The van der Waals surface area contributed by atoms with Gasteiger partial charge in [-0.2, -0.15) is 0 Å². The molecule has 0 fully saturated rings. The molecule has 0 saturated heterocycles. The van der Waals surface area contributed by atoms with Gasteiger partial charge in [0.1, 0.15) is 35.0 Å². The Kier molecular flexibility index (Phi) is 5.54. The Balaban J connectivity index is 2.28. The van der Waals surface area contributed by atoms with E-state index in [1.54, 1.807) is 40.4 Å². The topological polar surface area (TPSA) is 67.1 Å². The molecule has 142 valence electrons. The van der Waals surface area contributed by atoms with Gasteiger partial charge in [0.05, 0.1) is 33.5 Å². The van der Waals surface area contributed by atoms with Crippen LogP contribution in [0.25, 0.3) is 22.1 Å². The van der Waals surface area contributed by atoms with Crippen molar-refractivity contribution in [1.82, 2.24) is 0 Å². The number of hydrogen-bond acceptors (Lipinski definition) is 6. The van der Waals surface area contributed by atoms with Gasteiger partial charge in [-0.3, -0.25) is 4.79 Å². The zero-order valence-electron chi connectivity index (χ0n) is 15.8. The summed E-state index contributed by atoms with van der Waals surface area (Å²) in [6, 6.07) is 11.1. The number of benzene rings is 2. The molecular weight excluding hydrogens is 348 g/mol. The SMILES string of the molecule is CCOC(=O)Cc1oc2ccccc2c1-c1c(OC)cc(OC)cc1OC. The smallest absolute Gasteiger partial charge is 0.313 e. The molecule has 0 N–H and O–H groups in total. The monoisotopic (exact) mass is 370 g/mol. The highest BCUT2D eigenvalue weighted by atomic mass is 16.5. The predicted octanol–water partition coefficient (Wildman–Crippen LogP) is 4.23. The van der Waals surface area contributed by atoms with E-state index in [0.29, 0.717) is 40.8 Å². The van der Waals surface area contributed by atoms with Gasteiger partial charge in [-0.15, -0.1) is 0 Å². The van der Waals surface area contributed by atoms with Crippen molar-refractivity contribution in [2.75, 3.05) is 27.9 Å². The highest BCUT2D eigenvalue weighted by molar-refractivity contribution is 6.00. The van der Waals surface area contributed by atoms with E-state index in [4.69, 9.17) is 23.4 Å². The summed E-state index contributed by atoms with van der Waals surface area (Å²) in [6.07, 6.45) is 0.0101. The lowest BCUT2D eigenvalue weighted by molar-refractivity contribution is -0.142. The zero-order chi connectivity index (χ0) is 19.4. The average Bonchev–Trinajstić information content (AvgIpc) is 3.04. The second-order valence-electron chi connectivity index (χ2n) is 5.79. The van der Waals surface area contributed by atoms with Gasteiger partial charge in [0.15, 0.2) is 0 Å². The summed E-state index contributed by atoms with van der Waals surface area (Å²) in [5, 5.41) is 0.860. The predicted molar refractivity (Wildman–Crippen MR) is 102 cm³/mol. The first-order valence-electron chi connectivity index (χ1n) is 8.59.